The maximum atomic E-state index is 11.9. The number of nitrogens with zero attached hydrogens (tertiary/aromatic N) is 1. The highest BCUT2D eigenvalue weighted by atomic mass is 16.4. The summed E-state index contributed by atoms with van der Waals surface area (Å²) in [7, 11) is 0. The molecule has 2 atom stereocenters. The smallest absolute Gasteiger partial charge is 0.306 e. The first-order valence-corrected chi connectivity index (χ1v) is 6.02. The van der Waals surface area contributed by atoms with Crippen molar-refractivity contribution >= 4 is 11.9 Å². The third-order valence-electron chi connectivity index (χ3n) is 4.04. The van der Waals surface area contributed by atoms with E-state index in [0.29, 0.717) is 19.0 Å². The molecule has 2 unspecified atom stereocenters. The zero-order valence-electron chi connectivity index (χ0n) is 9.85. The number of likely N-dealkylation sites (tertiary alicyclic amines) is 1. The van der Waals surface area contributed by atoms with Crippen LogP contribution in [0.15, 0.2) is 0 Å². The van der Waals surface area contributed by atoms with Crippen molar-refractivity contribution in [2.24, 2.45) is 23.7 Å². The number of aliphatic carboxylic acids is 1. The standard InChI is InChI=1S/C12H19NO3/c1-7(9-3-4-9)11(14)13-5-10(6-13)8(2)12(15)16/h7-10H,3-6H2,1-2H3,(H,15,16). The summed E-state index contributed by atoms with van der Waals surface area (Å²) < 4.78 is 0. The SMILES string of the molecule is CC(C(=O)O)C1CN(C(=O)C(C)C2CC2)C1. The third-order valence-corrected chi connectivity index (χ3v) is 4.04. The van der Waals surface area contributed by atoms with Crippen LogP contribution in [-0.2, 0) is 9.59 Å². The summed E-state index contributed by atoms with van der Waals surface area (Å²) in [4.78, 5) is 24.5. The van der Waals surface area contributed by atoms with Gasteiger partial charge in [-0.1, -0.05) is 13.8 Å². The lowest BCUT2D eigenvalue weighted by atomic mass is 9.86. The van der Waals surface area contributed by atoms with E-state index in [0.717, 1.165) is 0 Å². The average Bonchev–Trinajstić information content (AvgIpc) is 2.96. The highest BCUT2D eigenvalue weighted by molar-refractivity contribution is 5.80. The van der Waals surface area contributed by atoms with Gasteiger partial charge in [-0.25, -0.2) is 0 Å². The molecular weight excluding hydrogens is 206 g/mol. The lowest BCUT2D eigenvalue weighted by Crippen LogP contribution is -2.55. The molecule has 1 heterocycles. The van der Waals surface area contributed by atoms with Crippen LogP contribution in [0, 0.1) is 23.7 Å². The van der Waals surface area contributed by atoms with Crippen LogP contribution in [0.3, 0.4) is 0 Å². The first-order chi connectivity index (χ1) is 7.50. The van der Waals surface area contributed by atoms with Crippen LogP contribution in [-0.4, -0.2) is 35.0 Å². The van der Waals surface area contributed by atoms with Crippen LogP contribution in [0.4, 0.5) is 0 Å². The molecule has 0 aromatic rings. The van der Waals surface area contributed by atoms with Crippen molar-refractivity contribution < 1.29 is 14.7 Å². The predicted molar refractivity (Wildman–Crippen MR) is 58.8 cm³/mol. The highest BCUT2D eigenvalue weighted by Gasteiger charge is 2.41. The summed E-state index contributed by atoms with van der Waals surface area (Å²) in [5.74, 6) is 0.00125. The van der Waals surface area contributed by atoms with Crippen molar-refractivity contribution in [1.29, 1.82) is 0 Å². The Hall–Kier alpha value is -1.06. The predicted octanol–water partition coefficient (Wildman–Crippen LogP) is 1.21. The van der Waals surface area contributed by atoms with E-state index in [4.69, 9.17) is 5.11 Å². The van der Waals surface area contributed by atoms with Crippen molar-refractivity contribution in [2.75, 3.05) is 13.1 Å². The Labute approximate surface area is 95.6 Å². The Morgan fingerprint density at radius 3 is 2.12 bits per heavy atom. The van der Waals surface area contributed by atoms with E-state index in [1.807, 2.05) is 11.8 Å². The quantitative estimate of drug-likeness (QED) is 0.782. The molecule has 4 nitrogen and oxygen atoms in total. The van der Waals surface area contributed by atoms with Crippen molar-refractivity contribution in [2.45, 2.75) is 26.7 Å². The second-order valence-electron chi connectivity index (χ2n) is 5.26. The molecule has 0 aromatic carbocycles. The van der Waals surface area contributed by atoms with Crippen LogP contribution in [0.5, 0.6) is 0 Å². The van der Waals surface area contributed by atoms with Crippen molar-refractivity contribution in [3.8, 4) is 0 Å². The Bertz CT molecular complexity index is 305. The monoisotopic (exact) mass is 225 g/mol. The summed E-state index contributed by atoms with van der Waals surface area (Å²) >= 11 is 0. The maximum absolute atomic E-state index is 11.9. The van der Waals surface area contributed by atoms with Gasteiger partial charge in [-0.15, -0.1) is 0 Å². The van der Waals surface area contributed by atoms with E-state index in [2.05, 4.69) is 0 Å². The number of carboxylic acid groups (broad SMARTS) is 1. The number of carbonyl (C=O) groups is 2. The Morgan fingerprint density at radius 2 is 1.69 bits per heavy atom. The molecule has 0 spiro atoms. The van der Waals surface area contributed by atoms with Gasteiger partial charge in [0.25, 0.3) is 0 Å². The molecule has 16 heavy (non-hydrogen) atoms. The molecule has 1 N–H and O–H groups in total. The molecule has 1 amide bonds. The van der Waals surface area contributed by atoms with Crippen LogP contribution >= 0.6 is 0 Å². The molecular formula is C12H19NO3. The molecule has 2 fully saturated rings. The molecule has 1 aliphatic heterocycles. The van der Waals surface area contributed by atoms with Gasteiger partial charge in [-0.05, 0) is 18.8 Å². The fourth-order valence-corrected chi connectivity index (χ4v) is 2.30. The first-order valence-electron chi connectivity index (χ1n) is 6.02. The Balaban J connectivity index is 1.79. The van der Waals surface area contributed by atoms with Crippen molar-refractivity contribution in [3.05, 3.63) is 0 Å². The number of hydrogen-bond donors (Lipinski definition) is 1. The van der Waals surface area contributed by atoms with E-state index < -0.39 is 5.97 Å². The highest BCUT2D eigenvalue weighted by Crippen LogP contribution is 2.38. The summed E-state index contributed by atoms with van der Waals surface area (Å²) in [5, 5.41) is 8.85. The Morgan fingerprint density at radius 1 is 1.12 bits per heavy atom. The summed E-state index contributed by atoms with van der Waals surface area (Å²) in [5.41, 5.74) is 0. The summed E-state index contributed by atoms with van der Waals surface area (Å²) in [6.07, 6.45) is 2.35. The van der Waals surface area contributed by atoms with E-state index in [-0.39, 0.29) is 23.7 Å². The van der Waals surface area contributed by atoms with Gasteiger partial charge in [0.2, 0.25) is 5.91 Å². The molecule has 0 aromatic heterocycles. The molecule has 1 saturated heterocycles. The van der Waals surface area contributed by atoms with Gasteiger partial charge in [0, 0.05) is 24.9 Å². The van der Waals surface area contributed by atoms with Gasteiger partial charge in [0.05, 0.1) is 5.92 Å². The molecule has 0 radical (unpaired) electrons. The fraction of sp³-hybridized carbons (Fsp3) is 0.833. The Kier molecular flexibility index (Phi) is 2.91. The molecule has 1 saturated carbocycles. The number of hydrogen-bond acceptors (Lipinski definition) is 2. The van der Waals surface area contributed by atoms with Crippen LogP contribution in [0.2, 0.25) is 0 Å². The van der Waals surface area contributed by atoms with Gasteiger partial charge in [-0.2, -0.15) is 0 Å². The van der Waals surface area contributed by atoms with Crippen molar-refractivity contribution in [1.82, 2.24) is 4.90 Å². The molecule has 2 rings (SSSR count). The molecule has 0 bridgehead atoms. The van der Waals surface area contributed by atoms with Crippen LogP contribution < -0.4 is 0 Å². The zero-order chi connectivity index (χ0) is 11.9. The van der Waals surface area contributed by atoms with Gasteiger partial charge in [0.1, 0.15) is 0 Å². The number of carboxylic acids is 1. The van der Waals surface area contributed by atoms with Gasteiger partial charge < -0.3 is 10.0 Å². The average molecular weight is 225 g/mol. The number of rotatable bonds is 4. The maximum Gasteiger partial charge on any atom is 0.306 e. The fourth-order valence-electron chi connectivity index (χ4n) is 2.30. The van der Waals surface area contributed by atoms with E-state index in [1.54, 1.807) is 6.92 Å². The van der Waals surface area contributed by atoms with Crippen LogP contribution in [0.1, 0.15) is 26.7 Å². The topological polar surface area (TPSA) is 57.6 Å². The van der Waals surface area contributed by atoms with Crippen molar-refractivity contribution in [3.63, 3.8) is 0 Å². The molecule has 90 valence electrons. The zero-order valence-corrected chi connectivity index (χ0v) is 9.85. The summed E-state index contributed by atoms with van der Waals surface area (Å²) in [6.45, 7) is 4.97. The largest absolute Gasteiger partial charge is 0.481 e. The lowest BCUT2D eigenvalue weighted by molar-refractivity contribution is -0.152. The summed E-state index contributed by atoms with van der Waals surface area (Å²) in [6, 6.07) is 0. The van der Waals surface area contributed by atoms with E-state index in [9.17, 15) is 9.59 Å². The minimum absolute atomic E-state index is 0.140. The lowest BCUT2D eigenvalue weighted by Gasteiger charge is -2.42. The van der Waals surface area contributed by atoms with Gasteiger partial charge in [-0.3, -0.25) is 9.59 Å². The minimum atomic E-state index is -0.757. The van der Waals surface area contributed by atoms with E-state index >= 15 is 0 Å². The van der Waals surface area contributed by atoms with E-state index in [1.165, 1.54) is 12.8 Å². The molecule has 2 aliphatic rings. The molecule has 4 heteroatoms. The number of amides is 1. The second kappa shape index (κ2) is 4.07. The van der Waals surface area contributed by atoms with Crippen LogP contribution in [0.25, 0.3) is 0 Å². The third kappa shape index (κ3) is 2.06. The van der Waals surface area contributed by atoms with Gasteiger partial charge >= 0.3 is 5.97 Å². The second-order valence-corrected chi connectivity index (χ2v) is 5.26. The first kappa shape index (κ1) is 11.4. The molecule has 1 aliphatic carbocycles. The normalized spacial score (nSPS) is 24.8. The number of carbonyl (C=O) groups excluding carboxylic acids is 1. The van der Waals surface area contributed by atoms with Gasteiger partial charge in [0.15, 0.2) is 0 Å². The minimum Gasteiger partial charge on any atom is -0.481 e.